The van der Waals surface area contributed by atoms with Gasteiger partial charge in [-0.15, -0.1) is 0 Å². The zero-order valence-electron chi connectivity index (χ0n) is 44.0. The molecule has 10 rings (SSSR count). The maximum absolute atomic E-state index is 17.6. The van der Waals surface area contributed by atoms with Crippen LogP contribution in [0.4, 0.5) is 0 Å². The maximum atomic E-state index is 17.6. The number of hydrogen-bond donors (Lipinski definition) is 2. The van der Waals surface area contributed by atoms with E-state index in [2.05, 4.69) is 158 Å². The highest BCUT2D eigenvalue weighted by Crippen LogP contribution is 2.63. The monoisotopic (exact) mass is 1010 g/mol. The summed E-state index contributed by atoms with van der Waals surface area (Å²) in [5, 5.41) is 9.94. The summed E-state index contributed by atoms with van der Waals surface area (Å²) in [4.78, 5) is 32.4. The summed E-state index contributed by atoms with van der Waals surface area (Å²) >= 11 is 13.3. The van der Waals surface area contributed by atoms with Crippen LogP contribution in [0.5, 0.6) is 11.5 Å². The Kier molecular flexibility index (Phi) is 14.6. The first-order valence-electron chi connectivity index (χ1n) is 26.4. The zero-order valence-corrected chi connectivity index (χ0v) is 45.5. The van der Waals surface area contributed by atoms with Crippen molar-refractivity contribution >= 4 is 29.0 Å². The number of rotatable bonds is 14. The highest BCUT2D eigenvalue weighted by atomic mass is 35.5. The average molecular weight is 1020 g/mol. The lowest BCUT2D eigenvalue weighted by atomic mass is 9.54. The normalized spacial score (nSPS) is 32.8. The minimum atomic E-state index is -0.794. The molecule has 13 heteroatoms. The minimum Gasteiger partial charge on any atom is -0.457 e. The Labute approximate surface area is 438 Å². The Hall–Kier alpha value is -4.14. The van der Waals surface area contributed by atoms with Crippen LogP contribution in [-0.4, -0.2) is 137 Å². The van der Waals surface area contributed by atoms with E-state index in [0.29, 0.717) is 24.0 Å². The fraction of sp³-hybridized carbons (Fsp3) is 0.525. The van der Waals surface area contributed by atoms with Crippen molar-refractivity contribution in [2.75, 3.05) is 41.9 Å². The summed E-state index contributed by atoms with van der Waals surface area (Å²) < 4.78 is 15.2. The van der Waals surface area contributed by atoms with Gasteiger partial charge in [-0.2, -0.15) is 0 Å². The van der Waals surface area contributed by atoms with Crippen molar-refractivity contribution < 1.29 is 14.3 Å². The van der Waals surface area contributed by atoms with Gasteiger partial charge in [0.05, 0.1) is 35.9 Å². The molecule has 1 aromatic heterocycles. The number of Topliss-reactive ketones (excluding diaryl/α,β-unsaturated/α-hetero) is 1. The number of carbonyl (C=O) groups excluding carboxylic acids is 1. The van der Waals surface area contributed by atoms with Crippen LogP contribution in [0.3, 0.4) is 0 Å². The number of ketones is 1. The number of ether oxygens (including phenoxy) is 2. The Morgan fingerprint density at radius 3 is 2.22 bits per heavy atom. The summed E-state index contributed by atoms with van der Waals surface area (Å²) in [7, 11) is 12.6. The second-order valence-corrected chi connectivity index (χ2v) is 23.3. The molecule has 4 aromatic carbocycles. The first kappa shape index (κ1) is 51.4. The molecule has 2 N–H and O–H groups in total. The predicted octanol–water partition coefficient (Wildman–Crippen LogP) is 9.39. The summed E-state index contributed by atoms with van der Waals surface area (Å²) in [6.45, 7) is 11.3. The average Bonchev–Trinajstić information content (AvgIpc) is 4.01. The smallest absolute Gasteiger partial charge is 0.153 e. The molecule has 1 aliphatic carbocycles. The Balaban J connectivity index is 1.10. The van der Waals surface area contributed by atoms with E-state index in [-0.39, 0.29) is 66.3 Å². The number of methoxy groups -OCH3 is 1. The quantitative estimate of drug-likeness (QED) is 0.112. The highest BCUT2D eigenvalue weighted by Gasteiger charge is 2.77. The number of halogens is 2. The van der Waals surface area contributed by atoms with Crippen LogP contribution in [0.1, 0.15) is 69.5 Å². The van der Waals surface area contributed by atoms with Gasteiger partial charge in [0.15, 0.2) is 5.78 Å². The summed E-state index contributed by atoms with van der Waals surface area (Å²) in [5.74, 6) is 3.10. The molecule has 0 amide bonds. The van der Waals surface area contributed by atoms with Crippen LogP contribution in [0.15, 0.2) is 103 Å². The van der Waals surface area contributed by atoms with Crippen LogP contribution >= 0.6 is 23.2 Å². The molecule has 72 heavy (non-hydrogen) atoms. The number of likely N-dealkylation sites (tertiary alicyclic amines) is 2. The lowest BCUT2D eigenvalue weighted by Gasteiger charge is -2.57. The third kappa shape index (κ3) is 8.76. The number of likely N-dealkylation sites (N-methyl/N-ethyl adjacent to an activating group) is 2. The van der Waals surface area contributed by atoms with Crippen molar-refractivity contribution in [1.82, 2.24) is 39.8 Å². The van der Waals surface area contributed by atoms with Crippen LogP contribution < -0.4 is 15.4 Å². The van der Waals surface area contributed by atoms with Gasteiger partial charge >= 0.3 is 0 Å². The first-order chi connectivity index (χ1) is 34.6. The van der Waals surface area contributed by atoms with Crippen LogP contribution in [-0.2, 0) is 42.5 Å². The zero-order chi connectivity index (χ0) is 50.8. The SMILES string of the molecule is CCC12C(=O)C34C5C[C@H](Cc6ccc(Cl)cc6)N(C)C3[C@@H](COC)NC4[C@H](C)N(Cc3ccc(Cl)cc3Oc3ccc(-c4cnc(CN(C)C)n4C)cc3)C1C[C@@H](Cc1ccccc1)C2N(C)C(C)C(C)N5. The molecule has 1 saturated carbocycles. The molecule has 5 aromatic rings. The summed E-state index contributed by atoms with van der Waals surface area (Å²) in [5.41, 5.74) is 4.20. The van der Waals surface area contributed by atoms with E-state index in [1.807, 2.05) is 42.6 Å². The number of carbonyl (C=O) groups is 1. The molecule has 4 aliphatic heterocycles. The van der Waals surface area contributed by atoms with Gasteiger partial charge in [-0.05, 0) is 147 Å². The predicted molar refractivity (Wildman–Crippen MR) is 290 cm³/mol. The Bertz CT molecular complexity index is 2700. The Morgan fingerprint density at radius 1 is 0.819 bits per heavy atom. The van der Waals surface area contributed by atoms with Crippen molar-refractivity contribution in [2.45, 2.75) is 133 Å². The summed E-state index contributed by atoms with van der Waals surface area (Å²) in [6, 6.07) is 33.5. The molecule has 384 valence electrons. The molecular weight excluding hydrogens is 940 g/mol. The Morgan fingerprint density at radius 2 is 1.53 bits per heavy atom. The fourth-order valence-corrected chi connectivity index (χ4v) is 15.3. The number of hydrogen-bond acceptors (Lipinski definition) is 10. The van der Waals surface area contributed by atoms with Gasteiger partial charge in [-0.25, -0.2) is 4.98 Å². The molecule has 4 saturated heterocycles. The van der Waals surface area contributed by atoms with E-state index < -0.39 is 10.8 Å². The van der Waals surface area contributed by atoms with E-state index in [0.717, 1.165) is 77.8 Å². The van der Waals surface area contributed by atoms with Crippen LogP contribution in [0, 0.1) is 16.7 Å². The molecule has 11 nitrogen and oxygen atoms in total. The standard InChI is InChI=1S/C59H76Cl2N8O3/c1-11-58-52-29-43(27-39-15-13-12-14-16-39)55(58)66(7)37(3)36(2)63-51-31-46(28-40-17-22-44(60)23-18-40)67(8)56-48(35-71-10)64-54(59(51,56)57(58)70)38(4)69(52)33-42-19-24-45(61)30-50(42)72-47-25-20-41(21-26-47)49-32-62-53(68(49)9)34-65(5)6/h12-26,30,32,36-38,43,46,48,51-52,54-56,63-64H,11,27-29,31,33-35H2,1-10H3/t36?,37?,38-,43+,46-,48+,51?,52?,54?,55?,56?,58?,59?/m0/s1. The van der Waals surface area contributed by atoms with Gasteiger partial charge in [-0.1, -0.05) is 78.7 Å². The molecule has 5 aliphatic rings. The van der Waals surface area contributed by atoms with Gasteiger partial charge < -0.3 is 29.6 Å². The number of aromatic nitrogens is 2. The van der Waals surface area contributed by atoms with Gasteiger partial charge in [-0.3, -0.25) is 19.5 Å². The summed E-state index contributed by atoms with van der Waals surface area (Å²) in [6.07, 6.45) is 6.16. The molecular formula is C59H76Cl2N8O3. The third-order valence-corrected chi connectivity index (χ3v) is 18.9. The highest BCUT2D eigenvalue weighted by molar-refractivity contribution is 6.31. The van der Waals surface area contributed by atoms with Crippen molar-refractivity contribution in [1.29, 1.82) is 0 Å². The van der Waals surface area contributed by atoms with Gasteiger partial charge in [0.2, 0.25) is 0 Å². The third-order valence-electron chi connectivity index (χ3n) is 18.4. The topological polar surface area (TPSA) is 90.4 Å². The maximum Gasteiger partial charge on any atom is 0.153 e. The number of benzene rings is 4. The number of imidazole rings is 1. The van der Waals surface area contributed by atoms with Gasteiger partial charge in [0.1, 0.15) is 17.3 Å². The lowest BCUT2D eigenvalue weighted by molar-refractivity contribution is -0.154. The number of nitrogens with one attached hydrogen (secondary N) is 2. The van der Waals surface area contributed by atoms with E-state index in [1.54, 1.807) is 7.11 Å². The van der Waals surface area contributed by atoms with E-state index in [9.17, 15) is 0 Å². The lowest BCUT2D eigenvalue weighted by Crippen LogP contribution is -2.74. The minimum absolute atomic E-state index is 0.0157. The molecule has 1 spiro atoms. The fourth-order valence-electron chi connectivity index (χ4n) is 15.0. The molecule has 0 radical (unpaired) electrons. The molecule has 5 fully saturated rings. The number of piperidine rings is 1. The van der Waals surface area contributed by atoms with E-state index in [4.69, 9.17) is 37.7 Å². The van der Waals surface area contributed by atoms with Gasteiger partial charge in [0, 0.05) is 102 Å². The molecule has 9 unspecified atom stereocenters. The first-order valence-corrected chi connectivity index (χ1v) is 27.1. The number of nitrogens with zero attached hydrogens (tertiary/aromatic N) is 6. The van der Waals surface area contributed by atoms with Crippen LogP contribution in [0.2, 0.25) is 10.0 Å². The largest absolute Gasteiger partial charge is 0.457 e. The molecule has 13 atom stereocenters. The van der Waals surface area contributed by atoms with Crippen molar-refractivity contribution in [3.05, 3.63) is 136 Å². The van der Waals surface area contributed by atoms with Crippen LogP contribution in [0.25, 0.3) is 11.3 Å². The van der Waals surface area contributed by atoms with Crippen molar-refractivity contribution in [2.24, 2.45) is 23.8 Å². The van der Waals surface area contributed by atoms with Crippen molar-refractivity contribution in [3.63, 3.8) is 0 Å². The van der Waals surface area contributed by atoms with E-state index in [1.165, 1.54) is 11.1 Å². The van der Waals surface area contributed by atoms with Gasteiger partial charge in [0.25, 0.3) is 0 Å². The second-order valence-electron chi connectivity index (χ2n) is 22.4. The van der Waals surface area contributed by atoms with E-state index >= 15 is 4.79 Å². The molecule has 5 heterocycles. The molecule has 2 bridgehead atoms. The van der Waals surface area contributed by atoms with Crippen molar-refractivity contribution in [3.8, 4) is 22.8 Å². The second kappa shape index (κ2) is 20.5.